The van der Waals surface area contributed by atoms with E-state index < -0.39 is 0 Å². The zero-order valence-corrected chi connectivity index (χ0v) is 6.39. The second-order valence-electron chi connectivity index (χ2n) is 2.55. The van der Waals surface area contributed by atoms with E-state index in [0.717, 1.165) is 13.1 Å². The van der Waals surface area contributed by atoms with Gasteiger partial charge in [0.2, 0.25) is 0 Å². The quantitative estimate of drug-likeness (QED) is 0.518. The molecule has 1 aliphatic heterocycles. The van der Waals surface area contributed by atoms with Crippen LogP contribution in [0.1, 0.15) is 13.8 Å². The van der Waals surface area contributed by atoms with E-state index in [1.807, 2.05) is 0 Å². The molecule has 0 aromatic carbocycles. The van der Waals surface area contributed by atoms with E-state index in [0.29, 0.717) is 0 Å². The molecule has 2 heteroatoms. The van der Waals surface area contributed by atoms with Crippen LogP contribution < -0.4 is 0 Å². The van der Waals surface area contributed by atoms with Crippen LogP contribution in [0.5, 0.6) is 0 Å². The lowest BCUT2D eigenvalue weighted by Gasteiger charge is -2.22. The number of hydrazine groups is 1. The molecule has 0 fully saturated rings. The van der Waals surface area contributed by atoms with Gasteiger partial charge < -0.3 is 5.01 Å². The van der Waals surface area contributed by atoms with E-state index in [1.54, 1.807) is 0 Å². The van der Waals surface area contributed by atoms with Crippen molar-refractivity contribution in [2.24, 2.45) is 0 Å². The normalized spacial score (nSPS) is 20.8. The summed E-state index contributed by atoms with van der Waals surface area (Å²) in [6, 6.07) is 0. The zero-order chi connectivity index (χ0) is 6.85. The first-order chi connectivity index (χ1) is 4.24. The van der Waals surface area contributed by atoms with Crippen molar-refractivity contribution >= 4 is 0 Å². The van der Waals surface area contributed by atoms with Gasteiger partial charge in [-0.3, -0.25) is 0 Å². The minimum Gasteiger partial charge on any atom is -0.313 e. The Hall–Kier alpha value is -0.500. The third-order valence-corrected chi connectivity index (χ3v) is 1.61. The monoisotopic (exact) mass is 126 g/mol. The van der Waals surface area contributed by atoms with Gasteiger partial charge in [0.05, 0.1) is 0 Å². The molecule has 0 saturated carbocycles. The van der Waals surface area contributed by atoms with Crippen molar-refractivity contribution in [2.75, 3.05) is 20.1 Å². The highest BCUT2D eigenvalue weighted by Gasteiger charge is 2.12. The maximum absolute atomic E-state index is 2.22. The van der Waals surface area contributed by atoms with Crippen LogP contribution in [0, 0.1) is 0 Å². The predicted octanol–water partition coefficient (Wildman–Crippen LogP) is 1.07. The summed E-state index contributed by atoms with van der Waals surface area (Å²) in [4.78, 5) is 0. The number of hydrogen-bond donors (Lipinski definition) is 0. The Morgan fingerprint density at radius 3 is 2.56 bits per heavy atom. The molecule has 0 radical (unpaired) electrons. The summed E-state index contributed by atoms with van der Waals surface area (Å²) in [5.41, 5.74) is 1.44. The molecule has 1 heterocycles. The summed E-state index contributed by atoms with van der Waals surface area (Å²) in [5, 5.41) is 4.44. The van der Waals surface area contributed by atoms with Crippen LogP contribution in [0.4, 0.5) is 0 Å². The molecule has 0 aromatic heterocycles. The van der Waals surface area contributed by atoms with Gasteiger partial charge in [-0.05, 0) is 19.4 Å². The standard InChI is InChI=1S/C7H14N2/c1-4-9-6-7(2)5-8(9)3/h6H,4-5H2,1-3H3. The van der Waals surface area contributed by atoms with Crippen molar-refractivity contribution < 1.29 is 0 Å². The van der Waals surface area contributed by atoms with Gasteiger partial charge in [0.25, 0.3) is 0 Å². The molecule has 0 amide bonds. The van der Waals surface area contributed by atoms with Crippen molar-refractivity contribution in [3.05, 3.63) is 11.8 Å². The maximum Gasteiger partial charge on any atom is 0.0402 e. The van der Waals surface area contributed by atoms with Crippen LogP contribution in [-0.2, 0) is 0 Å². The Balaban J connectivity index is 2.53. The first-order valence-electron chi connectivity index (χ1n) is 3.39. The molecule has 0 bridgehead atoms. The van der Waals surface area contributed by atoms with Gasteiger partial charge in [0, 0.05) is 26.3 Å². The first kappa shape index (κ1) is 6.62. The van der Waals surface area contributed by atoms with Crippen LogP contribution in [0.25, 0.3) is 0 Å². The van der Waals surface area contributed by atoms with Crippen molar-refractivity contribution in [1.29, 1.82) is 0 Å². The average molecular weight is 126 g/mol. The van der Waals surface area contributed by atoms with Crippen LogP contribution in [0.2, 0.25) is 0 Å². The molecule has 0 aromatic rings. The third kappa shape index (κ3) is 1.24. The zero-order valence-electron chi connectivity index (χ0n) is 6.39. The molecular weight excluding hydrogens is 112 g/mol. The number of nitrogens with zero attached hydrogens (tertiary/aromatic N) is 2. The summed E-state index contributed by atoms with van der Waals surface area (Å²) in [7, 11) is 2.11. The van der Waals surface area contributed by atoms with Crippen molar-refractivity contribution in [3.63, 3.8) is 0 Å². The second-order valence-corrected chi connectivity index (χ2v) is 2.55. The fourth-order valence-corrected chi connectivity index (χ4v) is 1.18. The van der Waals surface area contributed by atoms with Gasteiger partial charge in [-0.15, -0.1) is 0 Å². The lowest BCUT2D eigenvalue weighted by Crippen LogP contribution is -2.30. The van der Waals surface area contributed by atoms with Gasteiger partial charge in [0.1, 0.15) is 0 Å². The van der Waals surface area contributed by atoms with Crippen molar-refractivity contribution in [2.45, 2.75) is 13.8 Å². The Kier molecular flexibility index (Phi) is 1.76. The molecule has 2 nitrogen and oxygen atoms in total. The summed E-state index contributed by atoms with van der Waals surface area (Å²) in [6.45, 7) is 6.49. The van der Waals surface area contributed by atoms with Gasteiger partial charge in [0.15, 0.2) is 0 Å². The molecule has 1 rings (SSSR count). The number of likely N-dealkylation sites (N-methyl/N-ethyl adjacent to an activating group) is 1. The van der Waals surface area contributed by atoms with E-state index in [1.165, 1.54) is 5.57 Å². The smallest absolute Gasteiger partial charge is 0.0402 e. The molecule has 0 saturated heterocycles. The van der Waals surface area contributed by atoms with Crippen LogP contribution in [-0.4, -0.2) is 30.2 Å². The molecule has 0 unspecified atom stereocenters. The SMILES string of the molecule is CCN1C=C(C)CN1C. The van der Waals surface area contributed by atoms with Gasteiger partial charge in [-0.25, -0.2) is 5.01 Å². The second kappa shape index (κ2) is 2.40. The Labute approximate surface area is 56.7 Å². The summed E-state index contributed by atoms with van der Waals surface area (Å²) < 4.78 is 0. The highest BCUT2D eigenvalue weighted by molar-refractivity contribution is 5.04. The minimum atomic E-state index is 1.08. The Morgan fingerprint density at radius 2 is 2.33 bits per heavy atom. The molecule has 1 aliphatic rings. The van der Waals surface area contributed by atoms with E-state index in [-0.39, 0.29) is 0 Å². The maximum atomic E-state index is 2.22. The van der Waals surface area contributed by atoms with E-state index in [2.05, 4.69) is 37.1 Å². The van der Waals surface area contributed by atoms with Crippen molar-refractivity contribution in [1.82, 2.24) is 10.0 Å². The van der Waals surface area contributed by atoms with E-state index in [9.17, 15) is 0 Å². The first-order valence-corrected chi connectivity index (χ1v) is 3.39. The Morgan fingerprint density at radius 1 is 1.67 bits per heavy atom. The third-order valence-electron chi connectivity index (χ3n) is 1.61. The largest absolute Gasteiger partial charge is 0.313 e. The molecule has 52 valence electrons. The van der Waals surface area contributed by atoms with E-state index in [4.69, 9.17) is 0 Å². The summed E-state index contributed by atoms with van der Waals surface area (Å²) >= 11 is 0. The lowest BCUT2D eigenvalue weighted by molar-refractivity contribution is 0.0902. The average Bonchev–Trinajstić information content (AvgIpc) is 2.10. The van der Waals surface area contributed by atoms with Crippen LogP contribution >= 0.6 is 0 Å². The lowest BCUT2D eigenvalue weighted by atomic mass is 10.3. The Bertz CT molecular complexity index is 129. The van der Waals surface area contributed by atoms with E-state index >= 15 is 0 Å². The van der Waals surface area contributed by atoms with Crippen LogP contribution in [0.15, 0.2) is 11.8 Å². The molecular formula is C7H14N2. The van der Waals surface area contributed by atoms with Crippen molar-refractivity contribution in [3.8, 4) is 0 Å². The number of hydrogen-bond acceptors (Lipinski definition) is 2. The topological polar surface area (TPSA) is 6.48 Å². The fourth-order valence-electron chi connectivity index (χ4n) is 1.18. The molecule has 9 heavy (non-hydrogen) atoms. The fraction of sp³-hybridized carbons (Fsp3) is 0.714. The van der Waals surface area contributed by atoms with Gasteiger partial charge in [-0.2, -0.15) is 0 Å². The van der Waals surface area contributed by atoms with Crippen LogP contribution in [0.3, 0.4) is 0 Å². The van der Waals surface area contributed by atoms with Gasteiger partial charge in [-0.1, -0.05) is 0 Å². The summed E-state index contributed by atoms with van der Waals surface area (Å²) in [6.07, 6.45) is 2.19. The highest BCUT2D eigenvalue weighted by atomic mass is 15.6. The molecule has 0 spiro atoms. The number of rotatable bonds is 1. The molecule has 0 N–H and O–H groups in total. The molecule has 0 aliphatic carbocycles. The highest BCUT2D eigenvalue weighted by Crippen LogP contribution is 2.10. The summed E-state index contributed by atoms with van der Waals surface area (Å²) in [5.74, 6) is 0. The molecule has 0 atom stereocenters. The minimum absolute atomic E-state index is 1.08. The predicted molar refractivity (Wildman–Crippen MR) is 38.8 cm³/mol. The van der Waals surface area contributed by atoms with Gasteiger partial charge >= 0.3 is 0 Å².